The zero-order chi connectivity index (χ0) is 23.8. The highest BCUT2D eigenvalue weighted by molar-refractivity contribution is 8.00. The first kappa shape index (κ1) is 22.6. The molecule has 3 amide bonds. The fourth-order valence-electron chi connectivity index (χ4n) is 3.78. The van der Waals surface area contributed by atoms with Crippen LogP contribution >= 0.6 is 35.0 Å². The Morgan fingerprint density at radius 3 is 2.79 bits per heavy atom. The first-order valence-corrected chi connectivity index (χ1v) is 12.0. The van der Waals surface area contributed by atoms with Crippen LogP contribution in [0.4, 0.5) is 26.2 Å². The minimum Gasteiger partial charge on any atom is -0.359 e. The number of amides is 3. The lowest BCUT2D eigenvalue weighted by Gasteiger charge is -2.30. The zero-order valence-electron chi connectivity index (χ0n) is 17.5. The van der Waals surface area contributed by atoms with Crippen molar-refractivity contribution >= 4 is 74.9 Å². The third-order valence-electron chi connectivity index (χ3n) is 5.43. The molecule has 6 nitrogen and oxygen atoms in total. The number of nitrogens with zero attached hydrogens (tertiary/aromatic N) is 1. The Bertz CT molecular complexity index is 1420. The van der Waals surface area contributed by atoms with E-state index in [1.165, 1.54) is 28.8 Å². The van der Waals surface area contributed by atoms with E-state index in [-0.39, 0.29) is 28.8 Å². The topological polar surface area (TPSA) is 77.2 Å². The highest BCUT2D eigenvalue weighted by Gasteiger charge is 2.27. The van der Waals surface area contributed by atoms with E-state index in [9.17, 15) is 14.0 Å². The number of hydrogen-bond acceptors (Lipinski definition) is 3. The lowest BCUT2D eigenvalue weighted by molar-refractivity contribution is -0.116. The SMILES string of the molecule is O=C(Nc1ccc2c(c1)N(Cc1c(F)cccc1Cl)C(=O)CS2)Nc1c[nH]c2ccc(Cl)cc12. The van der Waals surface area contributed by atoms with Crippen LogP contribution < -0.4 is 15.5 Å². The first-order chi connectivity index (χ1) is 16.4. The number of halogens is 3. The predicted octanol–water partition coefficient (Wildman–Crippen LogP) is 6.90. The van der Waals surface area contributed by atoms with Crippen molar-refractivity contribution in [3.63, 3.8) is 0 Å². The van der Waals surface area contributed by atoms with E-state index >= 15 is 0 Å². The Kier molecular flexibility index (Phi) is 6.12. The van der Waals surface area contributed by atoms with Gasteiger partial charge in [-0.25, -0.2) is 9.18 Å². The van der Waals surface area contributed by atoms with E-state index in [0.717, 1.165) is 15.8 Å². The predicted molar refractivity (Wildman–Crippen MR) is 136 cm³/mol. The number of hydrogen-bond donors (Lipinski definition) is 3. The average Bonchev–Trinajstić information content (AvgIpc) is 3.19. The van der Waals surface area contributed by atoms with Gasteiger partial charge >= 0.3 is 6.03 Å². The lowest BCUT2D eigenvalue weighted by atomic mass is 10.1. The summed E-state index contributed by atoms with van der Waals surface area (Å²) in [6.07, 6.45) is 1.68. The van der Waals surface area contributed by atoms with E-state index in [0.29, 0.717) is 22.1 Å². The molecule has 1 aliphatic heterocycles. The Morgan fingerprint density at radius 1 is 1.12 bits per heavy atom. The molecule has 3 N–H and O–H groups in total. The van der Waals surface area contributed by atoms with Crippen LogP contribution in [0, 0.1) is 5.82 Å². The van der Waals surface area contributed by atoms with Crippen molar-refractivity contribution in [2.75, 3.05) is 21.3 Å². The summed E-state index contributed by atoms with van der Waals surface area (Å²) in [5.41, 5.74) is 2.72. The van der Waals surface area contributed by atoms with Gasteiger partial charge in [-0.2, -0.15) is 0 Å². The number of H-pyrrole nitrogens is 1. The molecule has 4 aromatic rings. The summed E-state index contributed by atoms with van der Waals surface area (Å²) in [6.45, 7) is -0.0103. The number of aromatic amines is 1. The normalized spacial score (nSPS) is 13.1. The second-order valence-electron chi connectivity index (χ2n) is 7.62. The number of fused-ring (bicyclic) bond motifs is 2. The first-order valence-electron chi connectivity index (χ1n) is 10.2. The molecule has 0 aliphatic carbocycles. The second kappa shape index (κ2) is 9.21. The van der Waals surface area contributed by atoms with Gasteiger partial charge in [-0.05, 0) is 48.5 Å². The van der Waals surface area contributed by atoms with Crippen molar-refractivity contribution < 1.29 is 14.0 Å². The van der Waals surface area contributed by atoms with Gasteiger partial charge in [0.05, 0.1) is 23.7 Å². The maximum Gasteiger partial charge on any atom is 0.323 e. The van der Waals surface area contributed by atoms with Crippen LogP contribution in [0.1, 0.15) is 5.56 Å². The molecule has 1 aromatic heterocycles. The molecule has 0 radical (unpaired) electrons. The lowest BCUT2D eigenvalue weighted by Crippen LogP contribution is -2.35. The number of anilines is 3. The fraction of sp³-hybridized carbons (Fsp3) is 0.0833. The molecule has 0 unspecified atom stereocenters. The molecule has 5 rings (SSSR count). The summed E-state index contributed by atoms with van der Waals surface area (Å²) >= 11 is 13.7. The summed E-state index contributed by atoms with van der Waals surface area (Å²) in [5.74, 6) is -0.420. The number of thioether (sulfide) groups is 1. The number of nitrogens with one attached hydrogen (secondary N) is 3. The molecule has 3 aromatic carbocycles. The third-order valence-corrected chi connectivity index (χ3v) is 7.07. The molecule has 0 bridgehead atoms. The van der Waals surface area contributed by atoms with E-state index in [4.69, 9.17) is 23.2 Å². The van der Waals surface area contributed by atoms with E-state index in [2.05, 4.69) is 15.6 Å². The van der Waals surface area contributed by atoms with Gasteiger partial charge in [0.15, 0.2) is 0 Å². The van der Waals surface area contributed by atoms with Crippen LogP contribution in [0.3, 0.4) is 0 Å². The van der Waals surface area contributed by atoms with E-state index in [1.54, 1.807) is 36.5 Å². The van der Waals surface area contributed by atoms with Crippen LogP contribution in [-0.2, 0) is 11.3 Å². The van der Waals surface area contributed by atoms with Gasteiger partial charge in [0.2, 0.25) is 5.91 Å². The molecule has 1 aliphatic rings. The van der Waals surface area contributed by atoms with Crippen LogP contribution in [-0.4, -0.2) is 22.7 Å². The van der Waals surface area contributed by atoms with Crippen molar-refractivity contribution in [1.82, 2.24) is 4.98 Å². The van der Waals surface area contributed by atoms with E-state index < -0.39 is 11.8 Å². The van der Waals surface area contributed by atoms with Crippen molar-refractivity contribution in [2.45, 2.75) is 11.4 Å². The summed E-state index contributed by atoms with van der Waals surface area (Å²) in [5, 5.41) is 7.18. The van der Waals surface area contributed by atoms with Crippen LogP contribution in [0.5, 0.6) is 0 Å². The van der Waals surface area contributed by atoms with Crippen LogP contribution in [0.15, 0.2) is 65.7 Å². The molecule has 0 fully saturated rings. The summed E-state index contributed by atoms with van der Waals surface area (Å²) in [7, 11) is 0. The third kappa shape index (κ3) is 4.44. The minimum absolute atomic E-state index is 0.0103. The van der Waals surface area contributed by atoms with Gasteiger partial charge in [-0.3, -0.25) is 4.79 Å². The molecular formula is C24H17Cl2FN4O2S. The number of carbonyl (C=O) groups excluding carboxylic acids is 2. The fourth-order valence-corrected chi connectivity index (χ4v) is 5.09. The molecule has 0 spiro atoms. The molecule has 34 heavy (non-hydrogen) atoms. The van der Waals surface area contributed by atoms with Gasteiger partial charge in [0, 0.05) is 43.3 Å². The van der Waals surface area contributed by atoms with Crippen LogP contribution in [0.2, 0.25) is 10.0 Å². The van der Waals surface area contributed by atoms with Gasteiger partial charge in [0.1, 0.15) is 5.82 Å². The van der Waals surface area contributed by atoms with Gasteiger partial charge in [0.25, 0.3) is 0 Å². The van der Waals surface area contributed by atoms with Crippen LogP contribution in [0.25, 0.3) is 10.9 Å². The number of rotatable bonds is 4. The Hall–Kier alpha value is -3.20. The molecule has 10 heteroatoms. The largest absolute Gasteiger partial charge is 0.359 e. The molecule has 0 saturated heterocycles. The highest BCUT2D eigenvalue weighted by Crippen LogP contribution is 2.39. The van der Waals surface area contributed by atoms with Gasteiger partial charge in [-0.1, -0.05) is 29.3 Å². The Morgan fingerprint density at radius 2 is 1.97 bits per heavy atom. The van der Waals surface area contributed by atoms with Gasteiger partial charge in [-0.15, -0.1) is 11.8 Å². The molecule has 0 atom stereocenters. The number of carbonyl (C=O) groups is 2. The quantitative estimate of drug-likeness (QED) is 0.277. The van der Waals surface area contributed by atoms with Gasteiger partial charge < -0.3 is 20.5 Å². The molecule has 172 valence electrons. The summed E-state index contributed by atoms with van der Waals surface area (Å²) in [4.78, 5) is 30.8. The van der Waals surface area contributed by atoms with Crippen molar-refractivity contribution in [3.8, 4) is 0 Å². The monoisotopic (exact) mass is 514 g/mol. The standard InChI is InChI=1S/C24H17Cl2FN4O2S/c25-13-4-6-19-15(8-13)20(10-28-19)30-24(33)29-14-5-7-22-21(9-14)31(23(32)12-34-22)11-16-17(26)2-1-3-18(16)27/h1-10,28H,11-12H2,(H2,29,30,33). The maximum atomic E-state index is 14.4. The van der Waals surface area contributed by atoms with Crippen molar-refractivity contribution in [1.29, 1.82) is 0 Å². The molecular weight excluding hydrogens is 498 g/mol. The molecule has 2 heterocycles. The smallest absolute Gasteiger partial charge is 0.323 e. The minimum atomic E-state index is -0.479. The highest BCUT2D eigenvalue weighted by atomic mass is 35.5. The Labute approximate surface area is 208 Å². The number of aromatic nitrogens is 1. The molecule has 0 saturated carbocycles. The summed E-state index contributed by atoms with van der Waals surface area (Å²) in [6, 6.07) is 14.6. The van der Waals surface area contributed by atoms with Crippen molar-refractivity contribution in [3.05, 3.63) is 82.2 Å². The summed E-state index contributed by atoms with van der Waals surface area (Å²) < 4.78 is 14.4. The Balaban J connectivity index is 1.38. The number of urea groups is 1. The van der Waals surface area contributed by atoms with Crippen molar-refractivity contribution in [2.24, 2.45) is 0 Å². The number of benzene rings is 3. The second-order valence-corrected chi connectivity index (χ2v) is 9.48. The average molecular weight is 515 g/mol. The van der Waals surface area contributed by atoms with E-state index in [1.807, 2.05) is 12.1 Å². The zero-order valence-corrected chi connectivity index (χ0v) is 19.8. The maximum absolute atomic E-state index is 14.4.